The summed E-state index contributed by atoms with van der Waals surface area (Å²) in [5.74, 6) is -0.237. The van der Waals surface area contributed by atoms with E-state index in [1.165, 1.54) is 6.07 Å². The van der Waals surface area contributed by atoms with Gasteiger partial charge in [0, 0.05) is 25.6 Å². The molecule has 0 amide bonds. The van der Waals surface area contributed by atoms with Gasteiger partial charge in [-0.3, -0.25) is 9.69 Å². The Hall–Kier alpha value is -3.81. The number of carbonyl (C=O) groups is 1. The summed E-state index contributed by atoms with van der Waals surface area (Å²) in [6, 6.07) is 31.4. The van der Waals surface area contributed by atoms with Crippen molar-refractivity contribution in [2.45, 2.75) is 43.3 Å². The largest absolute Gasteiger partial charge is 0.494 e. The quantitative estimate of drug-likeness (QED) is 0.155. The molecule has 4 nitrogen and oxygen atoms in total. The van der Waals surface area contributed by atoms with Gasteiger partial charge in [-0.05, 0) is 59.7 Å². The molecule has 1 aliphatic rings. The van der Waals surface area contributed by atoms with Crippen LogP contribution in [0.25, 0.3) is 0 Å². The van der Waals surface area contributed by atoms with Gasteiger partial charge in [0.2, 0.25) is 0 Å². The Labute approximate surface area is 254 Å². The molecule has 0 bridgehead atoms. The summed E-state index contributed by atoms with van der Waals surface area (Å²) in [7, 11) is 0. The Bertz CT molecular complexity index is 1490. The molecular weight excluding hydrogens is 575 g/mol. The van der Waals surface area contributed by atoms with Crippen molar-refractivity contribution in [2.24, 2.45) is 0 Å². The highest BCUT2D eigenvalue weighted by Crippen LogP contribution is 2.49. The number of benzene rings is 4. The highest BCUT2D eigenvalue weighted by Gasteiger charge is 2.51. The molecule has 0 spiro atoms. The van der Waals surface area contributed by atoms with E-state index in [-0.39, 0.29) is 17.5 Å². The van der Waals surface area contributed by atoms with E-state index in [0.717, 1.165) is 22.8 Å². The minimum absolute atomic E-state index is 0.0182. The van der Waals surface area contributed by atoms with Crippen LogP contribution in [0.4, 0.5) is 13.2 Å². The summed E-state index contributed by atoms with van der Waals surface area (Å²) in [5, 5.41) is 9.36. The van der Waals surface area contributed by atoms with Gasteiger partial charge >= 0.3 is 12.1 Å². The summed E-state index contributed by atoms with van der Waals surface area (Å²) >= 11 is 6.32. The van der Waals surface area contributed by atoms with E-state index in [0.29, 0.717) is 50.3 Å². The number of ether oxygens (including phenoxy) is 1. The molecule has 1 saturated carbocycles. The van der Waals surface area contributed by atoms with Gasteiger partial charge in [0.1, 0.15) is 5.75 Å². The Morgan fingerprint density at radius 2 is 1.53 bits per heavy atom. The van der Waals surface area contributed by atoms with Gasteiger partial charge in [0.15, 0.2) is 0 Å². The molecule has 1 aliphatic carbocycles. The van der Waals surface area contributed by atoms with Crippen molar-refractivity contribution in [3.8, 4) is 5.75 Å². The van der Waals surface area contributed by atoms with E-state index in [2.05, 4.69) is 29.2 Å². The highest BCUT2D eigenvalue weighted by molar-refractivity contribution is 6.32. The molecule has 0 heterocycles. The average Bonchev–Trinajstić information content (AvgIpc) is 3.82. The first-order valence-electron chi connectivity index (χ1n) is 14.3. The first kappa shape index (κ1) is 30.6. The Morgan fingerprint density at radius 3 is 2.12 bits per heavy atom. The lowest BCUT2D eigenvalue weighted by molar-refractivity contribution is -0.140. The molecule has 1 N–H and O–H groups in total. The minimum atomic E-state index is -4.55. The first-order valence-corrected chi connectivity index (χ1v) is 14.7. The fourth-order valence-electron chi connectivity index (χ4n) is 5.54. The van der Waals surface area contributed by atoms with Crippen LogP contribution in [0.1, 0.15) is 53.0 Å². The van der Waals surface area contributed by atoms with Crippen LogP contribution >= 0.6 is 11.6 Å². The molecule has 8 heteroatoms. The second-order valence-corrected chi connectivity index (χ2v) is 11.4. The molecule has 224 valence electrons. The lowest BCUT2D eigenvalue weighted by atomic mass is 9.90. The molecule has 4 aromatic carbocycles. The van der Waals surface area contributed by atoms with E-state index >= 15 is 0 Å². The lowest BCUT2D eigenvalue weighted by Gasteiger charge is -2.29. The first-order chi connectivity index (χ1) is 20.7. The van der Waals surface area contributed by atoms with Crippen LogP contribution in [0.15, 0.2) is 103 Å². The predicted molar refractivity (Wildman–Crippen MR) is 162 cm³/mol. The van der Waals surface area contributed by atoms with Crippen molar-refractivity contribution in [3.05, 3.63) is 136 Å². The van der Waals surface area contributed by atoms with Gasteiger partial charge in [0.25, 0.3) is 0 Å². The van der Waals surface area contributed by atoms with E-state index in [1.54, 1.807) is 18.2 Å². The minimum Gasteiger partial charge on any atom is -0.494 e. The van der Waals surface area contributed by atoms with E-state index in [1.807, 2.05) is 48.5 Å². The molecule has 43 heavy (non-hydrogen) atoms. The number of carboxylic acids is 1. The number of alkyl halides is 3. The third kappa shape index (κ3) is 7.40. The zero-order valence-corrected chi connectivity index (χ0v) is 24.3. The van der Waals surface area contributed by atoms with Crippen molar-refractivity contribution >= 4 is 17.6 Å². The number of aliphatic carboxylic acids is 1. The summed E-state index contributed by atoms with van der Waals surface area (Å²) in [6.45, 7) is 1.69. The summed E-state index contributed by atoms with van der Waals surface area (Å²) < 4.78 is 46.9. The molecule has 5 rings (SSSR count). The van der Waals surface area contributed by atoms with Gasteiger partial charge in [-0.1, -0.05) is 96.5 Å². The second kappa shape index (κ2) is 13.2. The molecule has 0 aliphatic heterocycles. The predicted octanol–water partition coefficient (Wildman–Crippen LogP) is 8.58. The third-order valence-electron chi connectivity index (χ3n) is 8.06. The number of rotatable bonds is 13. The fraction of sp³-hybridized carbons (Fsp3) is 0.286. The van der Waals surface area contributed by atoms with Crippen LogP contribution in [0, 0.1) is 0 Å². The highest BCUT2D eigenvalue weighted by atomic mass is 35.5. The molecule has 0 radical (unpaired) electrons. The monoisotopic (exact) mass is 607 g/mol. The maximum Gasteiger partial charge on any atom is 0.417 e. The Morgan fingerprint density at radius 1 is 0.907 bits per heavy atom. The summed E-state index contributed by atoms with van der Waals surface area (Å²) in [6.07, 6.45) is -2.72. The zero-order chi connectivity index (χ0) is 30.5. The van der Waals surface area contributed by atoms with Crippen LogP contribution < -0.4 is 4.74 Å². The molecule has 1 fully saturated rings. The van der Waals surface area contributed by atoms with E-state index < -0.39 is 23.1 Å². The fourth-order valence-corrected chi connectivity index (χ4v) is 5.83. The SMILES string of the molecule is O=C(O)C1(c2cccc(OCCCN(Cc3cccc(C(F)(F)F)c3Cl)CC(c3ccccc3)c3ccccc3)c2)CC1. The summed E-state index contributed by atoms with van der Waals surface area (Å²) in [5.41, 5.74) is 1.71. The Balaban J connectivity index is 1.34. The van der Waals surface area contributed by atoms with Crippen LogP contribution in [0.5, 0.6) is 5.75 Å². The standard InChI is InChI=1S/C35H33ClF3NO3/c36-32-27(14-7-17-31(32)35(37,38)39)23-40(24-30(25-10-3-1-4-11-25)26-12-5-2-6-13-26)20-9-21-43-29-16-8-15-28(22-29)34(18-19-34)33(41)42/h1-8,10-17,22,30H,9,18-21,23-24H2,(H,41,42). The maximum absolute atomic E-state index is 13.6. The Kier molecular flexibility index (Phi) is 9.43. The van der Waals surface area contributed by atoms with E-state index in [4.69, 9.17) is 16.3 Å². The van der Waals surface area contributed by atoms with Crippen LogP contribution in [0.3, 0.4) is 0 Å². The normalized spacial score (nSPS) is 14.2. The summed E-state index contributed by atoms with van der Waals surface area (Å²) in [4.78, 5) is 13.9. The van der Waals surface area contributed by atoms with Crippen LogP contribution in [-0.2, 0) is 22.9 Å². The topological polar surface area (TPSA) is 49.8 Å². The number of carboxylic acid groups (broad SMARTS) is 1. The molecule has 0 atom stereocenters. The van der Waals surface area contributed by atoms with E-state index in [9.17, 15) is 23.1 Å². The molecule has 0 aromatic heterocycles. The van der Waals surface area contributed by atoms with Crippen molar-refractivity contribution < 1.29 is 27.8 Å². The van der Waals surface area contributed by atoms with Crippen molar-refractivity contribution in [2.75, 3.05) is 19.7 Å². The van der Waals surface area contributed by atoms with Crippen molar-refractivity contribution in [1.82, 2.24) is 4.90 Å². The average molecular weight is 608 g/mol. The van der Waals surface area contributed by atoms with Crippen LogP contribution in [0.2, 0.25) is 5.02 Å². The van der Waals surface area contributed by atoms with Gasteiger partial charge in [-0.15, -0.1) is 0 Å². The second-order valence-electron chi connectivity index (χ2n) is 11.0. The number of halogens is 4. The van der Waals surface area contributed by atoms with Crippen molar-refractivity contribution in [3.63, 3.8) is 0 Å². The molecule has 0 saturated heterocycles. The molecular formula is C35H33ClF3NO3. The van der Waals surface area contributed by atoms with Gasteiger partial charge in [0.05, 0.1) is 22.6 Å². The van der Waals surface area contributed by atoms with Crippen LogP contribution in [-0.4, -0.2) is 35.7 Å². The molecule has 0 unspecified atom stereocenters. The maximum atomic E-state index is 13.6. The van der Waals surface area contributed by atoms with Gasteiger partial charge in [-0.25, -0.2) is 0 Å². The number of nitrogens with zero attached hydrogens (tertiary/aromatic N) is 1. The van der Waals surface area contributed by atoms with Gasteiger partial charge < -0.3 is 9.84 Å². The zero-order valence-electron chi connectivity index (χ0n) is 23.6. The lowest BCUT2D eigenvalue weighted by Crippen LogP contribution is -2.31. The number of hydrogen-bond acceptors (Lipinski definition) is 3. The number of hydrogen-bond donors (Lipinski definition) is 1. The molecule has 4 aromatic rings. The van der Waals surface area contributed by atoms with Gasteiger partial charge in [-0.2, -0.15) is 13.2 Å². The third-order valence-corrected chi connectivity index (χ3v) is 8.50. The van der Waals surface area contributed by atoms with Crippen molar-refractivity contribution in [1.29, 1.82) is 0 Å². The smallest absolute Gasteiger partial charge is 0.417 e.